The molecule has 0 saturated heterocycles. The molecule has 0 aromatic carbocycles. The first-order valence-corrected chi connectivity index (χ1v) is 9.48. The fourth-order valence-corrected chi connectivity index (χ4v) is 4.59. The van der Waals surface area contributed by atoms with Gasteiger partial charge in [0.1, 0.15) is 5.82 Å². The summed E-state index contributed by atoms with van der Waals surface area (Å²) in [4.78, 5) is 3.74. The first-order valence-electron chi connectivity index (χ1n) is 9.48. The highest BCUT2D eigenvalue weighted by Crippen LogP contribution is 2.63. The third-order valence-electron chi connectivity index (χ3n) is 6.18. The van der Waals surface area contributed by atoms with Gasteiger partial charge in [0.25, 0.3) is 0 Å². The molecule has 0 radical (unpaired) electrons. The third-order valence-corrected chi connectivity index (χ3v) is 6.18. The summed E-state index contributed by atoms with van der Waals surface area (Å²) in [5, 5.41) is 13.8. The van der Waals surface area contributed by atoms with Gasteiger partial charge in [-0.2, -0.15) is 23.5 Å². The van der Waals surface area contributed by atoms with E-state index in [0.717, 1.165) is 37.4 Å². The number of fused-ring (bicyclic) bond motifs is 1. The van der Waals surface area contributed by atoms with Gasteiger partial charge in [-0.05, 0) is 57.6 Å². The van der Waals surface area contributed by atoms with Gasteiger partial charge in [-0.25, -0.2) is 4.98 Å². The number of hydrogen-bond donors (Lipinski definition) is 1. The molecule has 2 aliphatic carbocycles. The van der Waals surface area contributed by atoms with Crippen LogP contribution in [0, 0.1) is 23.2 Å². The van der Waals surface area contributed by atoms with Crippen molar-refractivity contribution in [3.63, 3.8) is 0 Å². The summed E-state index contributed by atoms with van der Waals surface area (Å²) in [7, 11) is 0. The van der Waals surface area contributed by atoms with Crippen LogP contribution in [0.3, 0.4) is 0 Å². The number of nitrogen functional groups attached to an aromatic ring is 1. The van der Waals surface area contributed by atoms with E-state index in [1.165, 1.54) is 6.20 Å². The molecule has 148 valence electrons. The number of hydrogen-bond acceptors (Lipinski definition) is 4. The summed E-state index contributed by atoms with van der Waals surface area (Å²) in [5.74, 6) is 0.0184. The maximum atomic E-state index is 13.2. The Morgan fingerprint density at radius 1 is 1.36 bits per heavy atom. The van der Waals surface area contributed by atoms with Crippen LogP contribution in [0.2, 0.25) is 0 Å². The molecule has 2 aliphatic rings. The second-order valence-electron chi connectivity index (χ2n) is 8.27. The molecule has 0 amide bonds. The van der Waals surface area contributed by atoms with Crippen LogP contribution in [0.25, 0.3) is 11.3 Å². The molecule has 0 aliphatic heterocycles. The largest absolute Gasteiger partial charge is 0.419 e. The monoisotopic (exact) mass is 389 g/mol. The second-order valence-corrected chi connectivity index (χ2v) is 8.27. The van der Waals surface area contributed by atoms with Crippen molar-refractivity contribution < 1.29 is 13.2 Å². The molecule has 2 heterocycles. The van der Waals surface area contributed by atoms with Crippen molar-refractivity contribution in [1.82, 2.24) is 14.8 Å². The summed E-state index contributed by atoms with van der Waals surface area (Å²) < 4.78 is 41.6. The van der Waals surface area contributed by atoms with Gasteiger partial charge in [0.2, 0.25) is 0 Å². The van der Waals surface area contributed by atoms with Crippen LogP contribution < -0.4 is 5.73 Å². The number of halogens is 3. The molecular weight excluding hydrogens is 367 g/mol. The zero-order chi connectivity index (χ0) is 20.3. The van der Waals surface area contributed by atoms with E-state index in [4.69, 9.17) is 5.73 Å². The number of pyridine rings is 1. The van der Waals surface area contributed by atoms with Crippen molar-refractivity contribution in [2.24, 2.45) is 11.8 Å². The first kappa shape index (κ1) is 18.8. The zero-order valence-electron chi connectivity index (χ0n) is 15.8. The van der Waals surface area contributed by atoms with Crippen molar-refractivity contribution in [1.29, 1.82) is 5.26 Å². The van der Waals surface area contributed by atoms with Crippen LogP contribution in [0.1, 0.15) is 56.8 Å². The van der Waals surface area contributed by atoms with Gasteiger partial charge < -0.3 is 5.73 Å². The normalized spacial score (nSPS) is 26.8. The molecule has 4 rings (SSSR count). The Kier molecular flexibility index (Phi) is 4.18. The molecule has 0 bridgehead atoms. The molecule has 5 nitrogen and oxygen atoms in total. The van der Waals surface area contributed by atoms with Crippen LogP contribution in [-0.4, -0.2) is 14.8 Å². The SMILES string of the molecule is CC(C)n1nc(-c2cnc(N)c(C(F)(F)F)c2)cc1C12CCC(C#N)C[C@H]1C2. The minimum Gasteiger partial charge on any atom is -0.383 e. The number of alkyl halides is 3. The van der Waals surface area contributed by atoms with E-state index in [9.17, 15) is 18.4 Å². The molecule has 2 aromatic rings. The molecule has 2 unspecified atom stereocenters. The van der Waals surface area contributed by atoms with Gasteiger partial charge in [0, 0.05) is 34.8 Å². The average Bonchev–Trinajstić information content (AvgIpc) is 3.19. The highest BCUT2D eigenvalue weighted by atomic mass is 19.4. The van der Waals surface area contributed by atoms with Gasteiger partial charge in [-0.1, -0.05) is 0 Å². The van der Waals surface area contributed by atoms with E-state index in [1.54, 1.807) is 0 Å². The van der Waals surface area contributed by atoms with Gasteiger partial charge in [-0.3, -0.25) is 4.68 Å². The Hall–Kier alpha value is -2.56. The highest BCUT2D eigenvalue weighted by molar-refractivity contribution is 5.63. The van der Waals surface area contributed by atoms with Crippen molar-refractivity contribution in [2.75, 3.05) is 5.73 Å². The molecule has 28 heavy (non-hydrogen) atoms. The average molecular weight is 389 g/mol. The lowest BCUT2D eigenvalue weighted by Crippen LogP contribution is -2.23. The number of nitrogens with zero attached hydrogens (tertiary/aromatic N) is 4. The lowest BCUT2D eigenvalue weighted by atomic mass is 9.80. The summed E-state index contributed by atoms with van der Waals surface area (Å²) in [6.07, 6.45) is 0.449. The van der Waals surface area contributed by atoms with Crippen LogP contribution in [0.5, 0.6) is 0 Å². The molecule has 2 aromatic heterocycles. The fraction of sp³-hybridized carbons (Fsp3) is 0.550. The highest BCUT2D eigenvalue weighted by Gasteiger charge is 2.59. The number of anilines is 1. The Bertz CT molecular complexity index is 956. The lowest BCUT2D eigenvalue weighted by Gasteiger charge is -2.26. The van der Waals surface area contributed by atoms with E-state index in [0.29, 0.717) is 17.2 Å². The molecule has 8 heteroatoms. The maximum absolute atomic E-state index is 13.2. The smallest absolute Gasteiger partial charge is 0.383 e. The number of nitrogens with two attached hydrogens (primary N) is 1. The molecule has 0 spiro atoms. The van der Waals surface area contributed by atoms with Crippen molar-refractivity contribution in [2.45, 2.75) is 57.2 Å². The van der Waals surface area contributed by atoms with E-state index in [1.807, 2.05) is 24.6 Å². The second kappa shape index (κ2) is 6.23. The summed E-state index contributed by atoms with van der Waals surface area (Å²) in [5.41, 5.74) is 6.32. The third kappa shape index (κ3) is 2.93. The minimum absolute atomic E-state index is 0.00301. The van der Waals surface area contributed by atoms with Crippen LogP contribution >= 0.6 is 0 Å². The van der Waals surface area contributed by atoms with E-state index in [-0.39, 0.29) is 17.4 Å². The standard InChI is InChI=1S/C20H22F3N5/c1-11(2)28-17(19-4-3-12(9-24)5-14(19)8-19)7-16(27-28)13-6-15(20(21,22)23)18(25)26-10-13/h6-7,10-12,14H,3-5,8H2,1-2H3,(H2,25,26)/t12?,14-,19?/m0/s1. The Morgan fingerprint density at radius 2 is 2.11 bits per heavy atom. The minimum atomic E-state index is -4.56. The molecule has 3 atom stereocenters. The Morgan fingerprint density at radius 3 is 2.71 bits per heavy atom. The van der Waals surface area contributed by atoms with Crippen molar-refractivity contribution >= 4 is 5.82 Å². The van der Waals surface area contributed by atoms with E-state index >= 15 is 0 Å². The topological polar surface area (TPSA) is 80.5 Å². The quantitative estimate of drug-likeness (QED) is 0.824. The Balaban J connectivity index is 1.75. The molecule has 2 fully saturated rings. The van der Waals surface area contributed by atoms with Crippen molar-refractivity contribution in [3.8, 4) is 17.3 Å². The fourth-order valence-electron chi connectivity index (χ4n) is 4.59. The number of aromatic nitrogens is 3. The lowest BCUT2D eigenvalue weighted by molar-refractivity contribution is -0.137. The predicted octanol–water partition coefficient (Wildman–Crippen LogP) is 4.71. The first-order chi connectivity index (χ1) is 13.2. The summed E-state index contributed by atoms with van der Waals surface area (Å²) in [6.45, 7) is 4.02. The van der Waals surface area contributed by atoms with E-state index in [2.05, 4.69) is 16.2 Å². The van der Waals surface area contributed by atoms with E-state index < -0.39 is 17.6 Å². The summed E-state index contributed by atoms with van der Waals surface area (Å²) in [6, 6.07) is 5.38. The molecular formula is C20H22F3N5. The number of rotatable bonds is 3. The van der Waals surface area contributed by atoms with Gasteiger partial charge >= 0.3 is 6.18 Å². The molecule has 2 N–H and O–H groups in total. The van der Waals surface area contributed by atoms with Crippen LogP contribution in [0.15, 0.2) is 18.3 Å². The predicted molar refractivity (Wildman–Crippen MR) is 98.0 cm³/mol. The van der Waals surface area contributed by atoms with Crippen molar-refractivity contribution in [3.05, 3.63) is 29.6 Å². The molecule has 2 saturated carbocycles. The maximum Gasteiger partial charge on any atom is 0.419 e. The van der Waals surface area contributed by atoms with Gasteiger partial charge in [-0.15, -0.1) is 0 Å². The Labute approximate surface area is 161 Å². The summed E-state index contributed by atoms with van der Waals surface area (Å²) >= 11 is 0. The van der Waals surface area contributed by atoms with Crippen LogP contribution in [0.4, 0.5) is 19.0 Å². The van der Waals surface area contributed by atoms with Gasteiger partial charge in [0.15, 0.2) is 0 Å². The van der Waals surface area contributed by atoms with Gasteiger partial charge in [0.05, 0.1) is 17.3 Å². The van der Waals surface area contributed by atoms with Crippen LogP contribution in [-0.2, 0) is 11.6 Å². The zero-order valence-corrected chi connectivity index (χ0v) is 15.8. The number of nitriles is 1.